The van der Waals surface area contributed by atoms with Crippen LogP contribution in [0.3, 0.4) is 0 Å². The maximum Gasteiger partial charge on any atom is 0.491 e. The number of benzene rings is 1. The molecule has 0 aliphatic carbocycles. The fourth-order valence-electron chi connectivity index (χ4n) is 3.51. The molecule has 2 amide bonds. The largest absolute Gasteiger partial charge is 0.491 e. The average Bonchev–Trinajstić information content (AvgIpc) is 2.98. The van der Waals surface area contributed by atoms with Gasteiger partial charge in [0.15, 0.2) is 0 Å². The van der Waals surface area contributed by atoms with E-state index in [1.54, 1.807) is 0 Å². The second-order valence-corrected chi connectivity index (χ2v) is 9.35. The van der Waals surface area contributed by atoms with Crippen molar-refractivity contribution in [1.82, 2.24) is 9.80 Å². The van der Waals surface area contributed by atoms with Crippen LogP contribution in [0.4, 0.5) is 18.9 Å². The van der Waals surface area contributed by atoms with Gasteiger partial charge in [0, 0.05) is 26.2 Å². The van der Waals surface area contributed by atoms with E-state index in [1.807, 2.05) is 4.90 Å². The van der Waals surface area contributed by atoms with E-state index >= 15 is 0 Å². The minimum Gasteiger partial charge on any atom is -0.385 e. The molecule has 3 rings (SSSR count). The van der Waals surface area contributed by atoms with Gasteiger partial charge in [-0.2, -0.15) is 13.2 Å². The number of amides is 2. The topological polar surface area (TPSA) is 131 Å². The fraction of sp³-hybridized carbons (Fsp3) is 0.474. The molecular weight excluding hydrogens is 487 g/mol. The fourth-order valence-corrected chi connectivity index (χ4v) is 4.43. The number of nitrogens with zero attached hydrogens (tertiary/aromatic N) is 3. The molecule has 1 fully saturated rings. The first-order chi connectivity index (χ1) is 15.8. The predicted octanol–water partition coefficient (Wildman–Crippen LogP) is 0.0129. The number of carbonyl (C=O) groups is 4. The van der Waals surface area contributed by atoms with Gasteiger partial charge in [0.2, 0.25) is 10.0 Å². The number of morpholine rings is 1. The van der Waals surface area contributed by atoms with Crippen LogP contribution in [-0.2, 0) is 29.1 Å². The summed E-state index contributed by atoms with van der Waals surface area (Å²) in [6, 6.07) is 3.86. The number of halogens is 3. The number of alkyl halides is 3. The Labute approximate surface area is 192 Å². The van der Waals surface area contributed by atoms with Gasteiger partial charge in [-0.05, 0) is 12.1 Å². The molecule has 2 aliphatic heterocycles. The molecule has 0 saturated carbocycles. The number of ether oxygens (including phenoxy) is 2. The first kappa shape index (κ1) is 25.6. The van der Waals surface area contributed by atoms with Gasteiger partial charge in [-0.15, -0.1) is 0 Å². The Morgan fingerprint density at radius 1 is 1.15 bits per heavy atom. The summed E-state index contributed by atoms with van der Waals surface area (Å²) in [5.74, 6) is -6.71. The van der Waals surface area contributed by atoms with Crippen molar-refractivity contribution in [2.24, 2.45) is 0 Å². The predicted molar refractivity (Wildman–Crippen MR) is 108 cm³/mol. The highest BCUT2D eigenvalue weighted by Crippen LogP contribution is 2.33. The first-order valence-corrected chi connectivity index (χ1v) is 11.7. The molecule has 0 aromatic heterocycles. The summed E-state index contributed by atoms with van der Waals surface area (Å²) in [5.41, 5.74) is -0.679. The van der Waals surface area contributed by atoms with Crippen LogP contribution < -0.4 is 4.31 Å². The quantitative estimate of drug-likeness (QED) is 0.285. The van der Waals surface area contributed by atoms with Crippen molar-refractivity contribution in [3.05, 3.63) is 29.3 Å². The maximum atomic E-state index is 12.9. The molecule has 34 heavy (non-hydrogen) atoms. The number of esters is 2. The third-order valence-corrected chi connectivity index (χ3v) is 6.27. The summed E-state index contributed by atoms with van der Waals surface area (Å²) in [6.07, 6.45) is -4.52. The molecule has 0 bridgehead atoms. The van der Waals surface area contributed by atoms with E-state index in [0.29, 0.717) is 37.7 Å². The van der Waals surface area contributed by atoms with E-state index in [9.17, 15) is 40.8 Å². The summed E-state index contributed by atoms with van der Waals surface area (Å²) in [6.45, 7) is 1.10. The monoisotopic (exact) mass is 507 g/mol. The third kappa shape index (κ3) is 5.53. The zero-order chi connectivity index (χ0) is 25.3. The number of imide groups is 1. The van der Waals surface area contributed by atoms with Crippen molar-refractivity contribution in [3.8, 4) is 0 Å². The molecule has 1 aromatic carbocycles. The zero-order valence-electron chi connectivity index (χ0n) is 17.8. The first-order valence-electron chi connectivity index (χ1n) is 9.89. The number of hydrogen-bond acceptors (Lipinski definition) is 9. The normalized spacial score (nSPS) is 17.0. The van der Waals surface area contributed by atoms with Crippen LogP contribution in [0.15, 0.2) is 18.2 Å². The Morgan fingerprint density at radius 3 is 2.38 bits per heavy atom. The summed E-state index contributed by atoms with van der Waals surface area (Å²) in [4.78, 5) is 50.4. The van der Waals surface area contributed by atoms with Crippen molar-refractivity contribution >= 4 is 39.5 Å². The lowest BCUT2D eigenvalue weighted by Gasteiger charge is -2.30. The van der Waals surface area contributed by atoms with Crippen LogP contribution in [0.5, 0.6) is 0 Å². The highest BCUT2D eigenvalue weighted by molar-refractivity contribution is 7.92. The minimum absolute atomic E-state index is 0.0567. The number of hydrogen-bond donors (Lipinski definition) is 0. The lowest BCUT2D eigenvalue weighted by atomic mass is 10.1. The van der Waals surface area contributed by atoms with E-state index < -0.39 is 46.5 Å². The molecule has 0 radical (unpaired) electrons. The van der Waals surface area contributed by atoms with Gasteiger partial charge in [0.1, 0.15) is 6.54 Å². The summed E-state index contributed by atoms with van der Waals surface area (Å²) in [7, 11) is -3.92. The van der Waals surface area contributed by atoms with Gasteiger partial charge in [-0.1, -0.05) is 6.07 Å². The second-order valence-electron chi connectivity index (χ2n) is 7.44. The van der Waals surface area contributed by atoms with Crippen molar-refractivity contribution < 1.29 is 50.2 Å². The Hall–Kier alpha value is -3.04. The van der Waals surface area contributed by atoms with Crippen molar-refractivity contribution in [2.45, 2.75) is 6.18 Å². The van der Waals surface area contributed by atoms with E-state index in [0.717, 1.165) is 10.6 Å². The van der Waals surface area contributed by atoms with Gasteiger partial charge >= 0.3 is 18.1 Å². The Bertz CT molecular complexity index is 1120. The smallest absolute Gasteiger partial charge is 0.385 e. The Kier molecular flexibility index (Phi) is 7.28. The van der Waals surface area contributed by atoms with Crippen molar-refractivity contribution in [3.63, 3.8) is 0 Å². The number of anilines is 1. The highest BCUT2D eigenvalue weighted by Gasteiger charge is 2.45. The standard InChI is InChI=1S/C19H20F3N3O8S/c1-34(30,31)25(6-5-23-7-9-32-10-8-23)13-4-2-3-12-15(13)17(28)24(16(12)27)11-14(26)33-18(29)19(20,21)22/h2-4H,5-11H2,1H3. The molecule has 11 nitrogen and oxygen atoms in total. The maximum absolute atomic E-state index is 12.9. The molecule has 1 aromatic rings. The zero-order valence-corrected chi connectivity index (χ0v) is 18.6. The summed E-state index contributed by atoms with van der Waals surface area (Å²) in [5, 5.41) is 0. The Morgan fingerprint density at radius 2 is 1.79 bits per heavy atom. The molecule has 0 spiro atoms. The summed E-state index contributed by atoms with van der Waals surface area (Å²) < 4.78 is 71.8. The van der Waals surface area contributed by atoms with Crippen molar-refractivity contribution in [1.29, 1.82) is 0 Å². The minimum atomic E-state index is -5.44. The number of carbonyl (C=O) groups excluding carboxylic acids is 4. The molecule has 186 valence electrons. The molecule has 2 heterocycles. The van der Waals surface area contributed by atoms with Gasteiger partial charge in [0.25, 0.3) is 11.8 Å². The lowest BCUT2D eigenvalue weighted by molar-refractivity contribution is -0.201. The van der Waals surface area contributed by atoms with Crippen LogP contribution in [0.1, 0.15) is 20.7 Å². The SMILES string of the molecule is CS(=O)(=O)N(CCN1CCOCC1)c1cccc2c1C(=O)N(CC(=O)OC(=O)C(F)(F)F)C2=O. The van der Waals surface area contributed by atoms with Crippen LogP contribution in [0.2, 0.25) is 0 Å². The van der Waals surface area contributed by atoms with E-state index in [2.05, 4.69) is 4.74 Å². The molecule has 0 atom stereocenters. The van der Waals surface area contributed by atoms with E-state index in [-0.39, 0.29) is 23.4 Å². The van der Waals surface area contributed by atoms with Crippen molar-refractivity contribution in [2.75, 3.05) is 56.5 Å². The van der Waals surface area contributed by atoms with Crippen LogP contribution in [-0.4, -0.2) is 100 Å². The average molecular weight is 507 g/mol. The molecular formula is C19H20F3N3O8S. The second kappa shape index (κ2) is 9.68. The van der Waals surface area contributed by atoms with Gasteiger partial charge in [-0.3, -0.25) is 23.7 Å². The van der Waals surface area contributed by atoms with E-state index in [1.165, 1.54) is 18.2 Å². The van der Waals surface area contributed by atoms with Gasteiger partial charge < -0.3 is 9.47 Å². The summed E-state index contributed by atoms with van der Waals surface area (Å²) >= 11 is 0. The molecule has 15 heteroatoms. The van der Waals surface area contributed by atoms with E-state index in [4.69, 9.17) is 4.74 Å². The number of sulfonamides is 1. The number of rotatable bonds is 7. The number of fused-ring (bicyclic) bond motifs is 1. The van der Waals surface area contributed by atoms with Gasteiger partial charge in [-0.25, -0.2) is 18.0 Å². The molecule has 0 unspecified atom stereocenters. The highest BCUT2D eigenvalue weighted by atomic mass is 32.2. The third-order valence-electron chi connectivity index (χ3n) is 5.09. The molecule has 2 aliphatic rings. The van der Waals surface area contributed by atoms with Crippen LogP contribution in [0, 0.1) is 0 Å². The Balaban J connectivity index is 1.85. The van der Waals surface area contributed by atoms with Crippen LogP contribution in [0.25, 0.3) is 0 Å². The van der Waals surface area contributed by atoms with Gasteiger partial charge in [0.05, 0.1) is 36.3 Å². The van der Waals surface area contributed by atoms with Crippen LogP contribution >= 0.6 is 0 Å². The molecule has 1 saturated heterocycles. The molecule has 0 N–H and O–H groups in total. The lowest BCUT2D eigenvalue weighted by Crippen LogP contribution is -2.43.